The number of carbonyl (C=O) groups is 1. The van der Waals surface area contributed by atoms with Crippen molar-refractivity contribution in [3.8, 4) is 0 Å². The summed E-state index contributed by atoms with van der Waals surface area (Å²) in [6.45, 7) is 12.7. The lowest BCUT2D eigenvalue weighted by molar-refractivity contribution is -0.149. The quantitative estimate of drug-likeness (QED) is 0.261. The fourth-order valence-electron chi connectivity index (χ4n) is 1.98. The molecular formula is C20H38O8. The van der Waals surface area contributed by atoms with Gasteiger partial charge in [0.2, 0.25) is 0 Å². The summed E-state index contributed by atoms with van der Waals surface area (Å²) < 4.78 is 27.5. The zero-order valence-electron chi connectivity index (χ0n) is 17.7. The van der Waals surface area contributed by atoms with Crippen LogP contribution in [0, 0.1) is 0 Å². The van der Waals surface area contributed by atoms with E-state index in [0.29, 0.717) is 26.4 Å². The summed E-state index contributed by atoms with van der Waals surface area (Å²) in [5.41, 5.74) is 0. The molecule has 0 aliphatic carbocycles. The number of carbonyl (C=O) groups excluding carboxylic acids is 1. The predicted molar refractivity (Wildman–Crippen MR) is 105 cm³/mol. The SMILES string of the molecule is C=CCOC(C)COC(C)COC(C)COC(C)COC(=O)CCC(O)CO. The highest BCUT2D eigenvalue weighted by Crippen LogP contribution is 2.04. The summed E-state index contributed by atoms with van der Waals surface area (Å²) in [6, 6.07) is 0. The molecule has 0 rings (SSSR count). The summed E-state index contributed by atoms with van der Waals surface area (Å²) in [6.07, 6.45) is 0.578. The highest BCUT2D eigenvalue weighted by molar-refractivity contribution is 5.69. The topological polar surface area (TPSA) is 104 Å². The highest BCUT2D eigenvalue weighted by Gasteiger charge is 2.13. The molecule has 8 heteroatoms. The third-order valence-corrected chi connectivity index (χ3v) is 3.72. The number of hydrogen-bond acceptors (Lipinski definition) is 8. The first-order valence-corrected chi connectivity index (χ1v) is 9.80. The lowest BCUT2D eigenvalue weighted by Crippen LogP contribution is -2.28. The van der Waals surface area contributed by atoms with E-state index in [9.17, 15) is 9.90 Å². The molecule has 0 bridgehead atoms. The van der Waals surface area contributed by atoms with E-state index in [0.717, 1.165) is 0 Å². The third kappa shape index (κ3) is 16.0. The normalized spacial score (nSPS) is 16.8. The van der Waals surface area contributed by atoms with Crippen LogP contribution in [0.1, 0.15) is 40.5 Å². The second-order valence-electron chi connectivity index (χ2n) is 6.92. The average Bonchev–Trinajstić information content (AvgIpc) is 2.69. The third-order valence-electron chi connectivity index (χ3n) is 3.72. The van der Waals surface area contributed by atoms with Crippen LogP contribution in [-0.2, 0) is 28.5 Å². The summed E-state index contributed by atoms with van der Waals surface area (Å²) in [7, 11) is 0. The van der Waals surface area contributed by atoms with E-state index in [1.807, 2.05) is 20.8 Å². The second kappa shape index (κ2) is 16.9. The maximum absolute atomic E-state index is 11.5. The number of aliphatic hydroxyl groups excluding tert-OH is 2. The van der Waals surface area contributed by atoms with Crippen LogP contribution in [-0.4, -0.2) is 86.3 Å². The van der Waals surface area contributed by atoms with Crippen molar-refractivity contribution in [1.82, 2.24) is 0 Å². The first-order chi connectivity index (χ1) is 13.3. The molecule has 0 aromatic rings. The second-order valence-corrected chi connectivity index (χ2v) is 6.92. The monoisotopic (exact) mass is 406 g/mol. The molecule has 0 heterocycles. The van der Waals surface area contributed by atoms with Crippen LogP contribution in [0.25, 0.3) is 0 Å². The molecule has 5 unspecified atom stereocenters. The van der Waals surface area contributed by atoms with Gasteiger partial charge < -0.3 is 33.9 Å². The van der Waals surface area contributed by atoms with E-state index in [1.165, 1.54) is 0 Å². The van der Waals surface area contributed by atoms with Gasteiger partial charge in [-0.25, -0.2) is 0 Å². The molecule has 2 N–H and O–H groups in total. The largest absolute Gasteiger partial charge is 0.463 e. The Labute approximate surface area is 168 Å². The molecule has 0 aliphatic heterocycles. The van der Waals surface area contributed by atoms with Gasteiger partial charge in [-0.1, -0.05) is 6.08 Å². The van der Waals surface area contributed by atoms with Gasteiger partial charge in [0, 0.05) is 6.42 Å². The van der Waals surface area contributed by atoms with Crippen molar-refractivity contribution in [2.24, 2.45) is 0 Å². The van der Waals surface area contributed by atoms with Crippen LogP contribution in [0.2, 0.25) is 0 Å². The van der Waals surface area contributed by atoms with Gasteiger partial charge in [0.25, 0.3) is 0 Å². The molecule has 0 radical (unpaired) electrons. The first kappa shape index (κ1) is 27.0. The average molecular weight is 407 g/mol. The van der Waals surface area contributed by atoms with Crippen LogP contribution in [0.4, 0.5) is 0 Å². The van der Waals surface area contributed by atoms with Crippen LogP contribution >= 0.6 is 0 Å². The lowest BCUT2D eigenvalue weighted by Gasteiger charge is -2.21. The number of esters is 1. The molecule has 0 saturated carbocycles. The number of rotatable bonds is 18. The summed E-state index contributed by atoms with van der Waals surface area (Å²) in [5.74, 6) is -0.426. The Morgan fingerprint density at radius 1 is 0.893 bits per heavy atom. The fraction of sp³-hybridized carbons (Fsp3) is 0.850. The molecule has 166 valence electrons. The van der Waals surface area contributed by atoms with E-state index in [1.54, 1.807) is 13.0 Å². The van der Waals surface area contributed by atoms with Crippen LogP contribution in [0.5, 0.6) is 0 Å². The van der Waals surface area contributed by atoms with Gasteiger partial charge in [-0.15, -0.1) is 6.58 Å². The predicted octanol–water partition coefficient (Wildman–Crippen LogP) is 1.47. The zero-order valence-corrected chi connectivity index (χ0v) is 17.7. The van der Waals surface area contributed by atoms with Crippen LogP contribution < -0.4 is 0 Å². The Kier molecular flexibility index (Phi) is 16.3. The minimum atomic E-state index is -0.895. The van der Waals surface area contributed by atoms with Gasteiger partial charge in [-0.2, -0.15) is 0 Å². The van der Waals surface area contributed by atoms with Crippen molar-refractivity contribution in [3.05, 3.63) is 12.7 Å². The van der Waals surface area contributed by atoms with E-state index >= 15 is 0 Å². The van der Waals surface area contributed by atoms with E-state index < -0.39 is 12.1 Å². The first-order valence-electron chi connectivity index (χ1n) is 9.80. The molecule has 0 aromatic carbocycles. The van der Waals surface area contributed by atoms with Crippen molar-refractivity contribution in [2.45, 2.75) is 71.1 Å². The van der Waals surface area contributed by atoms with Crippen molar-refractivity contribution in [1.29, 1.82) is 0 Å². The Balaban J connectivity index is 3.77. The van der Waals surface area contributed by atoms with Gasteiger partial charge in [0.1, 0.15) is 6.61 Å². The molecule has 0 spiro atoms. The molecule has 5 atom stereocenters. The van der Waals surface area contributed by atoms with Gasteiger partial charge in [0.15, 0.2) is 0 Å². The molecular weight excluding hydrogens is 368 g/mol. The van der Waals surface area contributed by atoms with Crippen LogP contribution in [0.15, 0.2) is 12.7 Å². The molecule has 8 nitrogen and oxygen atoms in total. The van der Waals surface area contributed by atoms with Crippen molar-refractivity contribution >= 4 is 5.97 Å². The van der Waals surface area contributed by atoms with E-state index in [-0.39, 0.29) is 50.5 Å². The van der Waals surface area contributed by atoms with Crippen molar-refractivity contribution < 1.29 is 38.7 Å². The Morgan fingerprint density at radius 2 is 1.36 bits per heavy atom. The van der Waals surface area contributed by atoms with Gasteiger partial charge in [-0.05, 0) is 34.1 Å². The molecule has 0 fully saturated rings. The molecule has 0 saturated heterocycles. The lowest BCUT2D eigenvalue weighted by atomic mass is 10.2. The number of ether oxygens (including phenoxy) is 5. The van der Waals surface area contributed by atoms with Gasteiger partial charge in [-0.3, -0.25) is 4.79 Å². The Morgan fingerprint density at radius 3 is 1.82 bits per heavy atom. The molecule has 0 aromatic heterocycles. The Bertz CT molecular complexity index is 404. The number of hydrogen-bond donors (Lipinski definition) is 2. The van der Waals surface area contributed by atoms with Crippen LogP contribution in [0.3, 0.4) is 0 Å². The van der Waals surface area contributed by atoms with Crippen molar-refractivity contribution in [2.75, 3.05) is 39.6 Å². The smallest absolute Gasteiger partial charge is 0.305 e. The summed E-state index contributed by atoms with van der Waals surface area (Å²) in [5, 5.41) is 17.9. The Hall–Kier alpha value is -1.03. The minimum Gasteiger partial charge on any atom is -0.463 e. The maximum atomic E-state index is 11.5. The van der Waals surface area contributed by atoms with Crippen molar-refractivity contribution in [3.63, 3.8) is 0 Å². The standard InChI is InChI=1S/C20H38O8/c1-6-9-24-15(2)11-25-16(3)12-26-17(4)13-27-18(5)14-28-20(23)8-7-19(22)10-21/h6,15-19,21-22H,1,7-14H2,2-5H3. The molecule has 0 aliphatic rings. The molecule has 28 heavy (non-hydrogen) atoms. The zero-order chi connectivity index (χ0) is 21.4. The minimum absolute atomic E-state index is 0.00308. The van der Waals surface area contributed by atoms with Gasteiger partial charge >= 0.3 is 5.97 Å². The summed E-state index contributed by atoms with van der Waals surface area (Å²) >= 11 is 0. The number of aliphatic hydroxyl groups is 2. The van der Waals surface area contributed by atoms with E-state index in [4.69, 9.17) is 28.8 Å². The molecule has 0 amide bonds. The van der Waals surface area contributed by atoms with E-state index in [2.05, 4.69) is 6.58 Å². The summed E-state index contributed by atoms with van der Waals surface area (Å²) in [4.78, 5) is 11.5. The highest BCUT2D eigenvalue weighted by atomic mass is 16.6. The fourth-order valence-corrected chi connectivity index (χ4v) is 1.98. The van der Waals surface area contributed by atoms with Gasteiger partial charge in [0.05, 0.1) is 63.6 Å². The maximum Gasteiger partial charge on any atom is 0.305 e.